The predicted molar refractivity (Wildman–Crippen MR) is 94.8 cm³/mol. The molecule has 0 unspecified atom stereocenters. The van der Waals surface area contributed by atoms with Gasteiger partial charge in [-0.1, -0.05) is 23.2 Å². The van der Waals surface area contributed by atoms with Crippen LogP contribution in [-0.4, -0.2) is 24.0 Å². The summed E-state index contributed by atoms with van der Waals surface area (Å²) in [4.78, 5) is 19.2. The molecule has 1 amide bonds. The summed E-state index contributed by atoms with van der Waals surface area (Å²) in [5.74, 6) is 0.706. The number of benzene rings is 1. The summed E-state index contributed by atoms with van der Waals surface area (Å²) in [6.07, 6.45) is 2.41. The molecule has 6 heteroatoms. The molecule has 2 heterocycles. The summed E-state index contributed by atoms with van der Waals surface area (Å²) in [5, 5.41) is 3.73. The minimum atomic E-state index is -0.256. The Bertz CT molecular complexity index is 722. The van der Waals surface area contributed by atoms with E-state index in [2.05, 4.69) is 15.2 Å². The van der Waals surface area contributed by atoms with Crippen LogP contribution in [0.15, 0.2) is 30.3 Å². The van der Waals surface area contributed by atoms with Gasteiger partial charge in [0.2, 0.25) is 0 Å². The van der Waals surface area contributed by atoms with Crippen LogP contribution in [0.4, 0.5) is 11.5 Å². The lowest BCUT2D eigenvalue weighted by molar-refractivity contribution is 0.102. The summed E-state index contributed by atoms with van der Waals surface area (Å²) in [7, 11) is 0. The van der Waals surface area contributed by atoms with Gasteiger partial charge in [0.15, 0.2) is 0 Å². The molecule has 1 aliphatic heterocycles. The van der Waals surface area contributed by atoms with Gasteiger partial charge >= 0.3 is 0 Å². The van der Waals surface area contributed by atoms with Gasteiger partial charge in [-0.05, 0) is 50.1 Å². The standard InChI is InChI=1S/C17H17Cl2N3O/c1-11-15(4-5-16(20-11)22-6-2-3-7-22)21-17(23)12-8-13(18)10-14(19)9-12/h4-5,8-10H,2-3,6-7H2,1H3,(H,21,23). The van der Waals surface area contributed by atoms with Crippen molar-refractivity contribution in [3.05, 3.63) is 51.6 Å². The molecular weight excluding hydrogens is 333 g/mol. The summed E-state index contributed by atoms with van der Waals surface area (Å²) >= 11 is 11.9. The molecule has 0 spiro atoms. The molecular formula is C17H17Cl2N3O. The zero-order chi connectivity index (χ0) is 16.4. The number of nitrogens with zero attached hydrogens (tertiary/aromatic N) is 2. The number of aromatic nitrogens is 1. The van der Waals surface area contributed by atoms with E-state index in [1.807, 2.05) is 19.1 Å². The lowest BCUT2D eigenvalue weighted by Gasteiger charge is -2.18. The highest BCUT2D eigenvalue weighted by Crippen LogP contribution is 2.24. The van der Waals surface area contributed by atoms with Crippen molar-refractivity contribution >= 4 is 40.6 Å². The molecule has 23 heavy (non-hydrogen) atoms. The molecule has 3 rings (SSSR count). The molecule has 4 nitrogen and oxygen atoms in total. The summed E-state index contributed by atoms with van der Waals surface area (Å²) < 4.78 is 0. The van der Waals surface area contributed by atoms with E-state index in [-0.39, 0.29) is 5.91 Å². The van der Waals surface area contributed by atoms with Gasteiger partial charge in [-0.15, -0.1) is 0 Å². The van der Waals surface area contributed by atoms with Gasteiger partial charge in [0.25, 0.3) is 5.91 Å². The second-order valence-electron chi connectivity index (χ2n) is 5.61. The number of amides is 1. The molecule has 1 aromatic heterocycles. The van der Waals surface area contributed by atoms with Gasteiger partial charge in [0.1, 0.15) is 5.82 Å². The Morgan fingerprint density at radius 3 is 2.39 bits per heavy atom. The van der Waals surface area contributed by atoms with Gasteiger partial charge in [-0.2, -0.15) is 0 Å². The number of hydrogen-bond donors (Lipinski definition) is 1. The minimum Gasteiger partial charge on any atom is -0.357 e. The lowest BCUT2D eigenvalue weighted by atomic mass is 10.2. The molecule has 120 valence electrons. The first-order valence-corrected chi connectivity index (χ1v) is 8.28. The SMILES string of the molecule is Cc1nc(N2CCCC2)ccc1NC(=O)c1cc(Cl)cc(Cl)c1. The number of halogens is 2. The Labute approximate surface area is 145 Å². The van der Waals surface area contributed by atoms with Crippen molar-refractivity contribution in [1.29, 1.82) is 0 Å². The number of carbonyl (C=O) groups is 1. The average Bonchev–Trinajstić information content (AvgIpc) is 3.02. The van der Waals surface area contributed by atoms with Crippen LogP contribution in [0, 0.1) is 6.92 Å². The van der Waals surface area contributed by atoms with Crippen LogP contribution >= 0.6 is 23.2 Å². The number of aryl methyl sites for hydroxylation is 1. The number of nitrogens with one attached hydrogen (secondary N) is 1. The highest BCUT2D eigenvalue weighted by molar-refractivity contribution is 6.35. The maximum atomic E-state index is 12.3. The second kappa shape index (κ2) is 6.77. The van der Waals surface area contributed by atoms with E-state index in [9.17, 15) is 4.79 Å². The van der Waals surface area contributed by atoms with E-state index >= 15 is 0 Å². The van der Waals surface area contributed by atoms with E-state index in [1.165, 1.54) is 12.8 Å². The van der Waals surface area contributed by atoms with E-state index in [1.54, 1.807) is 18.2 Å². The summed E-state index contributed by atoms with van der Waals surface area (Å²) in [5.41, 5.74) is 1.90. The van der Waals surface area contributed by atoms with Crippen LogP contribution in [0.1, 0.15) is 28.9 Å². The molecule has 1 saturated heterocycles. The van der Waals surface area contributed by atoms with Crippen LogP contribution in [0.3, 0.4) is 0 Å². The first-order valence-electron chi connectivity index (χ1n) is 7.53. The largest absolute Gasteiger partial charge is 0.357 e. The van der Waals surface area contributed by atoms with Gasteiger partial charge in [-0.25, -0.2) is 4.98 Å². The third-order valence-electron chi connectivity index (χ3n) is 3.87. The Balaban J connectivity index is 1.78. The molecule has 0 aliphatic carbocycles. The average molecular weight is 350 g/mol. The fraction of sp³-hybridized carbons (Fsp3) is 0.294. The van der Waals surface area contributed by atoms with E-state index < -0.39 is 0 Å². The van der Waals surface area contributed by atoms with E-state index in [0.717, 1.165) is 24.6 Å². The number of rotatable bonds is 3. The zero-order valence-electron chi connectivity index (χ0n) is 12.8. The number of carbonyl (C=O) groups excluding carboxylic acids is 1. The highest BCUT2D eigenvalue weighted by Gasteiger charge is 2.15. The number of anilines is 2. The van der Waals surface area contributed by atoms with Crippen molar-refractivity contribution in [3.63, 3.8) is 0 Å². The first kappa shape index (κ1) is 16.1. The smallest absolute Gasteiger partial charge is 0.255 e. The fourth-order valence-electron chi connectivity index (χ4n) is 2.68. The molecule has 1 aliphatic rings. The molecule has 0 bridgehead atoms. The topological polar surface area (TPSA) is 45.2 Å². The number of hydrogen-bond acceptors (Lipinski definition) is 3. The quantitative estimate of drug-likeness (QED) is 0.883. The van der Waals surface area contributed by atoms with Crippen molar-refractivity contribution in [2.75, 3.05) is 23.3 Å². The first-order chi connectivity index (χ1) is 11.0. The molecule has 0 saturated carbocycles. The predicted octanol–water partition coefficient (Wildman–Crippen LogP) is 4.55. The van der Waals surface area contributed by atoms with Gasteiger partial charge in [0, 0.05) is 28.7 Å². The maximum absolute atomic E-state index is 12.3. The van der Waals surface area contributed by atoms with Crippen molar-refractivity contribution in [2.45, 2.75) is 19.8 Å². The third-order valence-corrected chi connectivity index (χ3v) is 4.31. The Morgan fingerprint density at radius 2 is 1.78 bits per heavy atom. The van der Waals surface area contributed by atoms with Crippen molar-refractivity contribution in [2.24, 2.45) is 0 Å². The van der Waals surface area contributed by atoms with Crippen molar-refractivity contribution in [1.82, 2.24) is 4.98 Å². The van der Waals surface area contributed by atoms with E-state index in [4.69, 9.17) is 23.2 Å². The molecule has 0 atom stereocenters. The van der Waals surface area contributed by atoms with Crippen LogP contribution < -0.4 is 10.2 Å². The Hall–Kier alpha value is -1.78. The number of pyridine rings is 1. The highest BCUT2D eigenvalue weighted by atomic mass is 35.5. The third kappa shape index (κ3) is 3.77. The van der Waals surface area contributed by atoms with Crippen molar-refractivity contribution < 1.29 is 4.79 Å². The molecule has 1 fully saturated rings. The lowest BCUT2D eigenvalue weighted by Crippen LogP contribution is -2.20. The molecule has 0 radical (unpaired) electrons. The van der Waals surface area contributed by atoms with Gasteiger partial charge in [-0.3, -0.25) is 4.79 Å². The zero-order valence-corrected chi connectivity index (χ0v) is 14.3. The van der Waals surface area contributed by atoms with Crippen LogP contribution in [0.2, 0.25) is 10.0 Å². The Morgan fingerprint density at radius 1 is 1.13 bits per heavy atom. The van der Waals surface area contributed by atoms with E-state index in [0.29, 0.717) is 21.3 Å². The van der Waals surface area contributed by atoms with Gasteiger partial charge in [0.05, 0.1) is 11.4 Å². The normalized spacial score (nSPS) is 14.1. The molecule has 1 aromatic carbocycles. The second-order valence-corrected chi connectivity index (χ2v) is 6.48. The maximum Gasteiger partial charge on any atom is 0.255 e. The Kier molecular flexibility index (Phi) is 4.74. The summed E-state index contributed by atoms with van der Waals surface area (Å²) in [6, 6.07) is 8.60. The van der Waals surface area contributed by atoms with Crippen LogP contribution in [0.5, 0.6) is 0 Å². The minimum absolute atomic E-state index is 0.256. The van der Waals surface area contributed by atoms with Crippen LogP contribution in [0.25, 0.3) is 0 Å². The van der Waals surface area contributed by atoms with Crippen molar-refractivity contribution in [3.8, 4) is 0 Å². The molecule has 1 N–H and O–H groups in total. The summed E-state index contributed by atoms with van der Waals surface area (Å²) in [6.45, 7) is 3.97. The molecule has 2 aromatic rings. The monoisotopic (exact) mass is 349 g/mol. The van der Waals surface area contributed by atoms with Crippen LogP contribution in [-0.2, 0) is 0 Å². The fourth-order valence-corrected chi connectivity index (χ4v) is 3.21. The van der Waals surface area contributed by atoms with Gasteiger partial charge < -0.3 is 10.2 Å².